The lowest BCUT2D eigenvalue weighted by Crippen LogP contribution is -2.30. The first-order valence-electron chi connectivity index (χ1n) is 10.4. The molecule has 6 heteroatoms. The highest BCUT2D eigenvalue weighted by molar-refractivity contribution is 6.14. The van der Waals surface area contributed by atoms with Gasteiger partial charge in [-0.3, -0.25) is 14.6 Å². The number of furan rings is 1. The van der Waals surface area contributed by atoms with Gasteiger partial charge in [0, 0.05) is 18.9 Å². The summed E-state index contributed by atoms with van der Waals surface area (Å²) in [7, 11) is 0. The molecule has 0 aliphatic carbocycles. The van der Waals surface area contributed by atoms with Gasteiger partial charge in [-0.1, -0.05) is 44.2 Å². The molecule has 1 aliphatic heterocycles. The van der Waals surface area contributed by atoms with Crippen molar-refractivity contribution < 1.29 is 19.1 Å². The Hall–Kier alpha value is -3.93. The average Bonchev–Trinajstić information content (AvgIpc) is 3.41. The topological polar surface area (TPSA) is 83.6 Å². The van der Waals surface area contributed by atoms with Crippen LogP contribution < -0.4 is 0 Å². The van der Waals surface area contributed by atoms with Crippen molar-refractivity contribution in [1.82, 2.24) is 9.88 Å². The van der Waals surface area contributed by atoms with Crippen LogP contribution in [-0.4, -0.2) is 26.7 Å². The molecule has 1 atom stereocenters. The van der Waals surface area contributed by atoms with Gasteiger partial charge in [-0.2, -0.15) is 0 Å². The summed E-state index contributed by atoms with van der Waals surface area (Å²) in [5, 5.41) is 10.7. The predicted molar refractivity (Wildman–Crippen MR) is 120 cm³/mol. The molecule has 1 aromatic carbocycles. The zero-order valence-electron chi connectivity index (χ0n) is 17.9. The molecule has 1 aliphatic rings. The lowest BCUT2D eigenvalue weighted by molar-refractivity contribution is -0.130. The second kappa shape index (κ2) is 9.06. The van der Waals surface area contributed by atoms with Gasteiger partial charge in [0.25, 0.3) is 5.91 Å². The minimum absolute atomic E-state index is 0.0546. The van der Waals surface area contributed by atoms with Gasteiger partial charge in [-0.15, -0.1) is 0 Å². The van der Waals surface area contributed by atoms with E-state index in [4.69, 9.17) is 4.42 Å². The summed E-state index contributed by atoms with van der Waals surface area (Å²) in [6.45, 7) is 4.41. The first-order valence-corrected chi connectivity index (χ1v) is 10.4. The number of rotatable bonds is 7. The highest BCUT2D eigenvalue weighted by Crippen LogP contribution is 2.39. The molecular formula is C26H24N2O4. The Morgan fingerprint density at radius 1 is 1.19 bits per heavy atom. The molecule has 1 N–H and O–H groups in total. The number of carbonyl (C=O) groups is 2. The summed E-state index contributed by atoms with van der Waals surface area (Å²) >= 11 is 0. The first-order chi connectivity index (χ1) is 15.5. The van der Waals surface area contributed by atoms with E-state index in [2.05, 4.69) is 18.8 Å². The van der Waals surface area contributed by atoms with E-state index in [9.17, 15) is 14.7 Å². The Morgan fingerprint density at radius 2 is 1.97 bits per heavy atom. The number of pyridine rings is 1. The van der Waals surface area contributed by atoms with Crippen LogP contribution in [0.25, 0.3) is 6.08 Å². The van der Waals surface area contributed by atoms with Gasteiger partial charge in [0.2, 0.25) is 0 Å². The number of aromatic nitrogens is 1. The Balaban J connectivity index is 1.73. The van der Waals surface area contributed by atoms with E-state index in [-0.39, 0.29) is 12.1 Å². The average molecular weight is 428 g/mol. The van der Waals surface area contributed by atoms with Crippen LogP contribution in [0.15, 0.2) is 89.0 Å². The number of carbonyl (C=O) groups excluding carboxylic acids is 2. The summed E-state index contributed by atoms with van der Waals surface area (Å²) in [5.41, 5.74) is 2.76. The number of hydrogen-bond acceptors (Lipinski definition) is 5. The summed E-state index contributed by atoms with van der Waals surface area (Å²) in [5.74, 6) is -0.698. The smallest absolute Gasteiger partial charge is 0.290 e. The van der Waals surface area contributed by atoms with Crippen molar-refractivity contribution in [2.45, 2.75) is 32.4 Å². The van der Waals surface area contributed by atoms with E-state index in [1.807, 2.05) is 30.3 Å². The standard InChI is InChI=1S/C26H24N2O4/c1-17(2)19-7-9-20(10-8-19)24-23(22(29)12-11-21-6-4-14-32-21)25(30)26(31)28(24)16-18-5-3-13-27-15-18/h3-15,17,24,30H,16H2,1-2H3/b12-11+. The Bertz CT molecular complexity index is 1160. The van der Waals surface area contributed by atoms with Gasteiger partial charge >= 0.3 is 0 Å². The van der Waals surface area contributed by atoms with Crippen molar-refractivity contribution in [3.63, 3.8) is 0 Å². The maximum atomic E-state index is 13.1. The van der Waals surface area contributed by atoms with Crippen LogP contribution in [0.2, 0.25) is 0 Å². The highest BCUT2D eigenvalue weighted by Gasteiger charge is 2.42. The molecule has 0 spiro atoms. The molecular weight excluding hydrogens is 404 g/mol. The van der Waals surface area contributed by atoms with Crippen LogP contribution >= 0.6 is 0 Å². The van der Waals surface area contributed by atoms with Crippen LogP contribution in [0.5, 0.6) is 0 Å². The Labute approximate surface area is 186 Å². The second-order valence-corrected chi connectivity index (χ2v) is 7.99. The third-order valence-corrected chi connectivity index (χ3v) is 5.51. The van der Waals surface area contributed by atoms with Crippen LogP contribution in [0.3, 0.4) is 0 Å². The number of allylic oxidation sites excluding steroid dienone is 1. The first kappa shape index (κ1) is 21.3. The molecule has 1 amide bonds. The number of nitrogens with zero attached hydrogens (tertiary/aromatic N) is 2. The van der Waals surface area contributed by atoms with Crippen molar-refractivity contribution in [3.05, 3.63) is 107 Å². The summed E-state index contributed by atoms with van der Waals surface area (Å²) in [4.78, 5) is 31.7. The highest BCUT2D eigenvalue weighted by atomic mass is 16.3. The maximum absolute atomic E-state index is 13.1. The normalized spacial score (nSPS) is 16.5. The van der Waals surface area contributed by atoms with Gasteiger partial charge in [0.05, 0.1) is 17.9 Å². The lowest BCUT2D eigenvalue weighted by atomic mass is 9.93. The molecule has 162 valence electrons. The molecule has 6 nitrogen and oxygen atoms in total. The predicted octanol–water partition coefficient (Wildman–Crippen LogP) is 4.98. The Kier molecular flexibility index (Phi) is 6.03. The zero-order chi connectivity index (χ0) is 22.7. The van der Waals surface area contributed by atoms with E-state index in [1.165, 1.54) is 23.3 Å². The fourth-order valence-corrected chi connectivity index (χ4v) is 3.80. The van der Waals surface area contributed by atoms with Crippen LogP contribution in [0, 0.1) is 0 Å². The minimum Gasteiger partial charge on any atom is -0.503 e. The number of aliphatic hydroxyl groups is 1. The van der Waals surface area contributed by atoms with Crippen molar-refractivity contribution >= 4 is 17.8 Å². The van der Waals surface area contributed by atoms with Crippen molar-refractivity contribution in [2.75, 3.05) is 0 Å². The number of ketones is 1. The van der Waals surface area contributed by atoms with Gasteiger partial charge in [0.15, 0.2) is 11.5 Å². The van der Waals surface area contributed by atoms with Gasteiger partial charge in [-0.05, 0) is 53.0 Å². The van der Waals surface area contributed by atoms with Crippen molar-refractivity contribution in [1.29, 1.82) is 0 Å². The largest absolute Gasteiger partial charge is 0.503 e. The molecule has 0 fully saturated rings. The van der Waals surface area contributed by atoms with Crippen LogP contribution in [0.1, 0.15) is 48.3 Å². The third-order valence-electron chi connectivity index (χ3n) is 5.51. The molecule has 1 unspecified atom stereocenters. The van der Waals surface area contributed by atoms with Gasteiger partial charge in [0.1, 0.15) is 5.76 Å². The summed E-state index contributed by atoms with van der Waals surface area (Å²) < 4.78 is 5.24. The van der Waals surface area contributed by atoms with Gasteiger partial charge < -0.3 is 14.4 Å². The summed E-state index contributed by atoms with van der Waals surface area (Å²) in [6.07, 6.45) is 7.67. The van der Waals surface area contributed by atoms with Gasteiger partial charge in [-0.25, -0.2) is 0 Å². The third kappa shape index (κ3) is 4.25. The number of benzene rings is 1. The van der Waals surface area contributed by atoms with Crippen molar-refractivity contribution in [2.24, 2.45) is 0 Å². The number of amides is 1. The molecule has 0 saturated carbocycles. The summed E-state index contributed by atoms with van der Waals surface area (Å²) in [6, 6.07) is 14.2. The molecule has 0 bridgehead atoms. The van der Waals surface area contributed by atoms with Crippen molar-refractivity contribution in [3.8, 4) is 0 Å². The van der Waals surface area contributed by atoms with E-state index in [1.54, 1.807) is 30.6 Å². The van der Waals surface area contributed by atoms with E-state index < -0.39 is 23.5 Å². The molecule has 3 heterocycles. The molecule has 32 heavy (non-hydrogen) atoms. The fraction of sp³-hybridized carbons (Fsp3) is 0.192. The molecule has 2 aromatic heterocycles. The molecule has 0 radical (unpaired) electrons. The quantitative estimate of drug-likeness (QED) is 0.537. The van der Waals surface area contributed by atoms with E-state index in [0.717, 1.165) is 16.7 Å². The number of hydrogen-bond donors (Lipinski definition) is 1. The fourth-order valence-electron chi connectivity index (χ4n) is 3.80. The minimum atomic E-state index is -0.710. The zero-order valence-corrected chi connectivity index (χ0v) is 17.9. The Morgan fingerprint density at radius 3 is 2.59 bits per heavy atom. The maximum Gasteiger partial charge on any atom is 0.290 e. The molecule has 4 rings (SSSR count). The molecule has 0 saturated heterocycles. The SMILES string of the molecule is CC(C)c1ccc(C2C(C(=O)/C=C/c3ccco3)=C(O)C(=O)N2Cc2cccnc2)cc1. The number of aliphatic hydroxyl groups excluding tert-OH is 1. The molecule has 3 aromatic rings. The van der Waals surface area contributed by atoms with Crippen LogP contribution in [0.4, 0.5) is 0 Å². The van der Waals surface area contributed by atoms with E-state index >= 15 is 0 Å². The monoisotopic (exact) mass is 428 g/mol. The second-order valence-electron chi connectivity index (χ2n) is 7.99. The van der Waals surface area contributed by atoms with E-state index in [0.29, 0.717) is 11.7 Å². The lowest BCUT2D eigenvalue weighted by Gasteiger charge is -2.27. The van der Waals surface area contributed by atoms with Crippen LogP contribution in [-0.2, 0) is 16.1 Å².